The van der Waals surface area contributed by atoms with Gasteiger partial charge in [0.15, 0.2) is 0 Å². The number of rotatable bonds is 4. The van der Waals surface area contributed by atoms with Crippen molar-refractivity contribution in [3.63, 3.8) is 0 Å². The highest BCUT2D eigenvalue weighted by Gasteiger charge is 2.15. The van der Waals surface area contributed by atoms with E-state index in [1.807, 2.05) is 12.3 Å². The number of anilines is 2. The summed E-state index contributed by atoms with van der Waals surface area (Å²) in [6.45, 7) is 5.53. The second-order valence-electron chi connectivity index (χ2n) is 5.51. The molecule has 2 aliphatic rings. The summed E-state index contributed by atoms with van der Waals surface area (Å²) < 4.78 is 0. The maximum atomic E-state index is 4.63. The fourth-order valence-electron chi connectivity index (χ4n) is 2.88. The Bertz CT molecular complexity index is 397. The Kier molecular flexibility index (Phi) is 4.13. The van der Waals surface area contributed by atoms with E-state index in [1.165, 1.54) is 25.7 Å². The fourth-order valence-corrected chi connectivity index (χ4v) is 2.88. The van der Waals surface area contributed by atoms with E-state index in [0.29, 0.717) is 0 Å². The van der Waals surface area contributed by atoms with Gasteiger partial charge in [0, 0.05) is 25.8 Å². The summed E-state index contributed by atoms with van der Waals surface area (Å²) in [7, 11) is 0. The van der Waals surface area contributed by atoms with Gasteiger partial charge in [-0.2, -0.15) is 4.98 Å². The Labute approximate surface area is 114 Å². The Morgan fingerprint density at radius 2 is 2.05 bits per heavy atom. The van der Waals surface area contributed by atoms with E-state index in [-0.39, 0.29) is 0 Å². The molecule has 5 nitrogen and oxygen atoms in total. The van der Waals surface area contributed by atoms with Crippen LogP contribution in [0.2, 0.25) is 0 Å². The van der Waals surface area contributed by atoms with Crippen molar-refractivity contribution in [2.45, 2.75) is 25.7 Å². The SMILES string of the molecule is c1cc(N2CCCC2)nc(NCC2CCNCC2)n1. The van der Waals surface area contributed by atoms with Crippen molar-refractivity contribution in [3.8, 4) is 0 Å². The first-order chi connectivity index (χ1) is 9.42. The Morgan fingerprint density at radius 3 is 2.84 bits per heavy atom. The Balaban J connectivity index is 1.56. The molecular formula is C14H23N5. The van der Waals surface area contributed by atoms with Crippen molar-refractivity contribution in [2.24, 2.45) is 5.92 Å². The van der Waals surface area contributed by atoms with Crippen LogP contribution in [0.25, 0.3) is 0 Å². The molecule has 0 aromatic carbocycles. The van der Waals surface area contributed by atoms with Crippen LogP contribution in [-0.2, 0) is 0 Å². The standard InChI is InChI=1S/C14H23N5/c1-2-10-19(9-1)13-5-8-16-14(18-13)17-11-12-3-6-15-7-4-12/h5,8,12,15H,1-4,6-7,9-11H2,(H,16,17,18). The number of nitrogens with zero attached hydrogens (tertiary/aromatic N) is 3. The fraction of sp³-hybridized carbons (Fsp3) is 0.714. The summed E-state index contributed by atoms with van der Waals surface area (Å²) in [6, 6.07) is 2.01. The molecular weight excluding hydrogens is 238 g/mol. The number of piperidine rings is 1. The van der Waals surface area contributed by atoms with E-state index in [2.05, 4.69) is 25.5 Å². The molecule has 0 spiro atoms. The third-order valence-corrected chi connectivity index (χ3v) is 4.08. The lowest BCUT2D eigenvalue weighted by Crippen LogP contribution is -2.31. The zero-order chi connectivity index (χ0) is 12.9. The average molecular weight is 261 g/mol. The van der Waals surface area contributed by atoms with E-state index in [1.54, 1.807) is 0 Å². The van der Waals surface area contributed by atoms with Crippen LogP contribution in [0.15, 0.2) is 12.3 Å². The minimum absolute atomic E-state index is 0.750. The van der Waals surface area contributed by atoms with Crippen LogP contribution in [0.5, 0.6) is 0 Å². The quantitative estimate of drug-likeness (QED) is 0.860. The molecule has 0 saturated carbocycles. The van der Waals surface area contributed by atoms with Crippen molar-refractivity contribution in [1.29, 1.82) is 0 Å². The molecule has 2 fully saturated rings. The van der Waals surface area contributed by atoms with Crippen molar-refractivity contribution >= 4 is 11.8 Å². The van der Waals surface area contributed by atoms with Gasteiger partial charge in [-0.05, 0) is 50.8 Å². The lowest BCUT2D eigenvalue weighted by Gasteiger charge is -2.23. The normalized spacial score (nSPS) is 20.7. The monoisotopic (exact) mass is 261 g/mol. The second-order valence-corrected chi connectivity index (χ2v) is 5.51. The zero-order valence-electron chi connectivity index (χ0n) is 11.4. The van der Waals surface area contributed by atoms with E-state index < -0.39 is 0 Å². The number of hydrogen-bond acceptors (Lipinski definition) is 5. The Hall–Kier alpha value is -1.36. The van der Waals surface area contributed by atoms with Crippen molar-refractivity contribution in [1.82, 2.24) is 15.3 Å². The number of aromatic nitrogens is 2. The minimum atomic E-state index is 0.750. The summed E-state index contributed by atoms with van der Waals surface area (Å²) in [5.41, 5.74) is 0. The molecule has 0 atom stereocenters. The molecule has 0 aliphatic carbocycles. The van der Waals surface area contributed by atoms with E-state index in [9.17, 15) is 0 Å². The molecule has 1 aromatic heterocycles. The van der Waals surface area contributed by atoms with Gasteiger partial charge in [-0.1, -0.05) is 0 Å². The maximum absolute atomic E-state index is 4.63. The molecule has 104 valence electrons. The molecule has 2 N–H and O–H groups in total. The first-order valence-corrected chi connectivity index (χ1v) is 7.44. The average Bonchev–Trinajstić information content (AvgIpc) is 3.01. The minimum Gasteiger partial charge on any atom is -0.356 e. The van der Waals surface area contributed by atoms with Gasteiger partial charge in [-0.25, -0.2) is 4.98 Å². The highest BCUT2D eigenvalue weighted by molar-refractivity contribution is 5.43. The second kappa shape index (κ2) is 6.19. The molecule has 0 amide bonds. The molecule has 0 unspecified atom stereocenters. The first kappa shape index (κ1) is 12.7. The van der Waals surface area contributed by atoms with E-state index in [4.69, 9.17) is 0 Å². The summed E-state index contributed by atoms with van der Waals surface area (Å²) in [5.74, 6) is 2.60. The van der Waals surface area contributed by atoms with Gasteiger partial charge < -0.3 is 15.5 Å². The summed E-state index contributed by atoms with van der Waals surface area (Å²) in [5, 5.41) is 6.79. The van der Waals surface area contributed by atoms with Crippen LogP contribution in [0, 0.1) is 5.92 Å². The van der Waals surface area contributed by atoms with Crippen molar-refractivity contribution in [2.75, 3.05) is 42.9 Å². The molecule has 3 rings (SSSR count). The molecule has 0 radical (unpaired) electrons. The summed E-state index contributed by atoms with van der Waals surface area (Å²) >= 11 is 0. The highest BCUT2D eigenvalue weighted by Crippen LogP contribution is 2.18. The van der Waals surface area contributed by atoms with Crippen LogP contribution in [0.1, 0.15) is 25.7 Å². The van der Waals surface area contributed by atoms with Gasteiger partial charge in [0.1, 0.15) is 5.82 Å². The van der Waals surface area contributed by atoms with Gasteiger partial charge in [-0.15, -0.1) is 0 Å². The Morgan fingerprint density at radius 1 is 1.26 bits per heavy atom. The van der Waals surface area contributed by atoms with Gasteiger partial charge >= 0.3 is 0 Å². The molecule has 3 heterocycles. The molecule has 2 aliphatic heterocycles. The van der Waals surface area contributed by atoms with E-state index >= 15 is 0 Å². The predicted molar refractivity (Wildman–Crippen MR) is 77.6 cm³/mol. The first-order valence-electron chi connectivity index (χ1n) is 7.44. The number of nitrogens with one attached hydrogen (secondary N) is 2. The van der Waals surface area contributed by atoms with Crippen LogP contribution in [0.4, 0.5) is 11.8 Å². The van der Waals surface area contributed by atoms with Crippen LogP contribution in [-0.4, -0.2) is 42.7 Å². The predicted octanol–water partition coefficient (Wildman–Crippen LogP) is 1.49. The van der Waals surface area contributed by atoms with Crippen molar-refractivity contribution < 1.29 is 0 Å². The van der Waals surface area contributed by atoms with Gasteiger partial charge in [0.05, 0.1) is 0 Å². The molecule has 2 saturated heterocycles. The van der Waals surface area contributed by atoms with Gasteiger partial charge in [0.2, 0.25) is 5.95 Å². The summed E-state index contributed by atoms with van der Waals surface area (Å²) in [6.07, 6.45) is 6.92. The van der Waals surface area contributed by atoms with Crippen LogP contribution in [0.3, 0.4) is 0 Å². The smallest absolute Gasteiger partial charge is 0.224 e. The van der Waals surface area contributed by atoms with Gasteiger partial charge in [-0.3, -0.25) is 0 Å². The lowest BCUT2D eigenvalue weighted by molar-refractivity contribution is 0.389. The molecule has 5 heteroatoms. The van der Waals surface area contributed by atoms with Crippen LogP contribution >= 0.6 is 0 Å². The summed E-state index contributed by atoms with van der Waals surface area (Å²) in [4.78, 5) is 11.3. The zero-order valence-corrected chi connectivity index (χ0v) is 11.4. The third-order valence-electron chi connectivity index (χ3n) is 4.08. The lowest BCUT2D eigenvalue weighted by atomic mass is 9.98. The number of hydrogen-bond donors (Lipinski definition) is 2. The highest BCUT2D eigenvalue weighted by atomic mass is 15.2. The van der Waals surface area contributed by atoms with E-state index in [0.717, 1.165) is 50.4 Å². The molecule has 1 aromatic rings. The van der Waals surface area contributed by atoms with Gasteiger partial charge in [0.25, 0.3) is 0 Å². The molecule has 0 bridgehead atoms. The van der Waals surface area contributed by atoms with Crippen molar-refractivity contribution in [3.05, 3.63) is 12.3 Å². The topological polar surface area (TPSA) is 53.1 Å². The maximum Gasteiger partial charge on any atom is 0.224 e. The molecule has 19 heavy (non-hydrogen) atoms. The largest absolute Gasteiger partial charge is 0.356 e. The third kappa shape index (κ3) is 3.35. The van der Waals surface area contributed by atoms with Crippen LogP contribution < -0.4 is 15.5 Å².